The molecule has 2 aromatic heterocycles. The molecule has 0 bridgehead atoms. The van der Waals surface area contributed by atoms with Crippen LogP contribution in [0.1, 0.15) is 15.9 Å². The fourth-order valence-electron chi connectivity index (χ4n) is 1.16. The third kappa shape index (κ3) is 1.37. The SMILES string of the molecule is Nc1cnccc1C(=O)c1ccoc1. The van der Waals surface area contributed by atoms with Crippen molar-refractivity contribution in [3.63, 3.8) is 0 Å². The molecule has 14 heavy (non-hydrogen) atoms. The van der Waals surface area contributed by atoms with Gasteiger partial charge in [0.2, 0.25) is 0 Å². The molecular weight excluding hydrogens is 180 g/mol. The van der Waals surface area contributed by atoms with E-state index in [1.54, 1.807) is 12.1 Å². The van der Waals surface area contributed by atoms with Crippen molar-refractivity contribution in [2.75, 3.05) is 5.73 Å². The number of ketones is 1. The summed E-state index contributed by atoms with van der Waals surface area (Å²) in [6.45, 7) is 0. The molecule has 0 spiro atoms. The molecule has 4 heteroatoms. The highest BCUT2D eigenvalue weighted by molar-refractivity contribution is 6.11. The molecule has 0 saturated heterocycles. The Labute approximate surface area is 80.4 Å². The van der Waals surface area contributed by atoms with Gasteiger partial charge in [-0.05, 0) is 12.1 Å². The molecule has 0 atom stereocenters. The van der Waals surface area contributed by atoms with Crippen LogP contribution in [0.4, 0.5) is 5.69 Å². The molecule has 0 saturated carbocycles. The largest absolute Gasteiger partial charge is 0.472 e. The number of hydrogen-bond acceptors (Lipinski definition) is 4. The quantitative estimate of drug-likeness (QED) is 0.725. The van der Waals surface area contributed by atoms with Crippen LogP contribution in [-0.2, 0) is 0 Å². The van der Waals surface area contributed by atoms with Gasteiger partial charge in [0.25, 0.3) is 0 Å². The normalized spacial score (nSPS) is 10.0. The standard InChI is InChI=1S/C10H8N2O2/c11-9-5-12-3-1-8(9)10(13)7-2-4-14-6-7/h1-6H,11H2. The molecule has 2 N–H and O–H groups in total. The van der Waals surface area contributed by atoms with Crippen molar-refractivity contribution >= 4 is 11.5 Å². The molecule has 0 aliphatic heterocycles. The Balaban J connectivity index is 2.42. The van der Waals surface area contributed by atoms with Gasteiger partial charge in [-0.25, -0.2) is 0 Å². The molecule has 4 nitrogen and oxygen atoms in total. The molecule has 70 valence electrons. The van der Waals surface area contributed by atoms with Crippen molar-refractivity contribution in [3.8, 4) is 0 Å². The molecule has 0 aliphatic rings. The Morgan fingerprint density at radius 2 is 2.29 bits per heavy atom. The summed E-state index contributed by atoms with van der Waals surface area (Å²) in [5.74, 6) is -0.154. The fourth-order valence-corrected chi connectivity index (χ4v) is 1.16. The molecule has 2 aromatic rings. The second-order valence-electron chi connectivity index (χ2n) is 2.80. The van der Waals surface area contributed by atoms with Crippen molar-refractivity contribution in [3.05, 3.63) is 48.2 Å². The van der Waals surface area contributed by atoms with E-state index in [1.165, 1.54) is 24.9 Å². The Morgan fingerprint density at radius 3 is 2.93 bits per heavy atom. The van der Waals surface area contributed by atoms with Crippen LogP contribution in [0.5, 0.6) is 0 Å². The van der Waals surface area contributed by atoms with Crippen LogP contribution in [-0.4, -0.2) is 10.8 Å². The van der Waals surface area contributed by atoms with E-state index in [2.05, 4.69) is 4.98 Å². The minimum atomic E-state index is -0.154. The van der Waals surface area contributed by atoms with Crippen molar-refractivity contribution in [1.29, 1.82) is 0 Å². The number of rotatable bonds is 2. The Bertz CT molecular complexity index is 449. The number of carbonyl (C=O) groups excluding carboxylic acids is 1. The van der Waals surface area contributed by atoms with Gasteiger partial charge in [-0.3, -0.25) is 9.78 Å². The molecule has 0 amide bonds. The summed E-state index contributed by atoms with van der Waals surface area (Å²) in [6.07, 6.45) is 5.82. The number of aromatic nitrogens is 1. The fraction of sp³-hybridized carbons (Fsp3) is 0. The van der Waals surface area contributed by atoms with Gasteiger partial charge >= 0.3 is 0 Å². The van der Waals surface area contributed by atoms with Gasteiger partial charge in [-0.1, -0.05) is 0 Å². The summed E-state index contributed by atoms with van der Waals surface area (Å²) in [5, 5.41) is 0. The molecule has 0 aliphatic carbocycles. The third-order valence-corrected chi connectivity index (χ3v) is 1.88. The van der Waals surface area contributed by atoms with Gasteiger partial charge in [-0.2, -0.15) is 0 Å². The van der Waals surface area contributed by atoms with Gasteiger partial charge in [0, 0.05) is 11.8 Å². The number of pyridine rings is 1. The number of nitrogen functional groups attached to an aromatic ring is 1. The first-order valence-electron chi connectivity index (χ1n) is 4.05. The molecule has 2 heterocycles. The maximum absolute atomic E-state index is 11.8. The van der Waals surface area contributed by atoms with E-state index in [-0.39, 0.29) is 5.78 Å². The Hall–Kier alpha value is -2.10. The predicted octanol–water partition coefficient (Wildman–Crippen LogP) is 1.49. The zero-order valence-electron chi connectivity index (χ0n) is 7.31. The lowest BCUT2D eigenvalue weighted by Gasteiger charge is -2.00. The van der Waals surface area contributed by atoms with Crippen molar-refractivity contribution in [2.24, 2.45) is 0 Å². The summed E-state index contributed by atoms with van der Waals surface area (Å²) >= 11 is 0. The molecule has 0 fully saturated rings. The first kappa shape index (κ1) is 8.50. The molecule has 2 rings (SSSR count). The zero-order valence-corrected chi connectivity index (χ0v) is 7.31. The number of furan rings is 1. The van der Waals surface area contributed by atoms with E-state index < -0.39 is 0 Å². The Kier molecular flexibility index (Phi) is 2.02. The highest BCUT2D eigenvalue weighted by Crippen LogP contribution is 2.14. The number of hydrogen-bond donors (Lipinski definition) is 1. The van der Waals surface area contributed by atoms with Crippen LogP contribution in [0.2, 0.25) is 0 Å². The van der Waals surface area contributed by atoms with Crippen LogP contribution in [0.3, 0.4) is 0 Å². The van der Waals surface area contributed by atoms with Gasteiger partial charge in [0.15, 0.2) is 5.78 Å². The average Bonchev–Trinajstić information content (AvgIpc) is 2.70. The number of anilines is 1. The second kappa shape index (κ2) is 3.33. The second-order valence-corrected chi connectivity index (χ2v) is 2.80. The van der Waals surface area contributed by atoms with Crippen LogP contribution in [0, 0.1) is 0 Å². The minimum absolute atomic E-state index is 0.154. The van der Waals surface area contributed by atoms with Gasteiger partial charge in [-0.15, -0.1) is 0 Å². The summed E-state index contributed by atoms with van der Waals surface area (Å²) in [4.78, 5) is 15.6. The zero-order chi connectivity index (χ0) is 9.97. The topological polar surface area (TPSA) is 69.1 Å². The highest BCUT2D eigenvalue weighted by Gasteiger charge is 2.12. The van der Waals surface area contributed by atoms with Crippen LogP contribution in [0.25, 0.3) is 0 Å². The number of carbonyl (C=O) groups is 1. The van der Waals surface area contributed by atoms with Gasteiger partial charge in [0.1, 0.15) is 6.26 Å². The van der Waals surface area contributed by atoms with E-state index in [1.807, 2.05) is 0 Å². The third-order valence-electron chi connectivity index (χ3n) is 1.88. The number of nitrogens with two attached hydrogens (primary N) is 1. The number of nitrogens with zero attached hydrogens (tertiary/aromatic N) is 1. The van der Waals surface area contributed by atoms with Gasteiger partial charge in [0.05, 0.1) is 23.7 Å². The lowest BCUT2D eigenvalue weighted by molar-refractivity contribution is 0.103. The first-order valence-corrected chi connectivity index (χ1v) is 4.05. The van der Waals surface area contributed by atoms with Crippen molar-refractivity contribution < 1.29 is 9.21 Å². The van der Waals surface area contributed by atoms with E-state index in [9.17, 15) is 4.79 Å². The minimum Gasteiger partial charge on any atom is -0.472 e. The van der Waals surface area contributed by atoms with E-state index in [0.717, 1.165) is 0 Å². The smallest absolute Gasteiger partial charge is 0.198 e. The van der Waals surface area contributed by atoms with Crippen LogP contribution in [0.15, 0.2) is 41.5 Å². The Morgan fingerprint density at radius 1 is 1.43 bits per heavy atom. The van der Waals surface area contributed by atoms with E-state index >= 15 is 0 Å². The van der Waals surface area contributed by atoms with E-state index in [0.29, 0.717) is 16.8 Å². The predicted molar refractivity (Wildman–Crippen MR) is 50.8 cm³/mol. The van der Waals surface area contributed by atoms with E-state index in [4.69, 9.17) is 10.2 Å². The van der Waals surface area contributed by atoms with Gasteiger partial charge < -0.3 is 10.2 Å². The summed E-state index contributed by atoms with van der Waals surface area (Å²) in [7, 11) is 0. The van der Waals surface area contributed by atoms with Crippen molar-refractivity contribution in [2.45, 2.75) is 0 Å². The van der Waals surface area contributed by atoms with Crippen molar-refractivity contribution in [1.82, 2.24) is 4.98 Å². The molecule has 0 radical (unpaired) electrons. The van der Waals surface area contributed by atoms with Crippen LogP contribution >= 0.6 is 0 Å². The molecule has 0 aromatic carbocycles. The van der Waals surface area contributed by atoms with Crippen LogP contribution < -0.4 is 5.73 Å². The highest BCUT2D eigenvalue weighted by atomic mass is 16.3. The summed E-state index contributed by atoms with van der Waals surface area (Å²) in [5.41, 5.74) is 6.92. The maximum atomic E-state index is 11.8. The molecular formula is C10H8N2O2. The molecule has 0 unspecified atom stereocenters. The average molecular weight is 188 g/mol. The maximum Gasteiger partial charge on any atom is 0.198 e. The summed E-state index contributed by atoms with van der Waals surface area (Å²) in [6, 6.07) is 3.19. The lowest BCUT2D eigenvalue weighted by atomic mass is 10.1. The summed E-state index contributed by atoms with van der Waals surface area (Å²) < 4.78 is 4.82. The monoisotopic (exact) mass is 188 g/mol. The lowest BCUT2D eigenvalue weighted by Crippen LogP contribution is -2.04. The first-order chi connectivity index (χ1) is 6.79.